The molecule has 0 aliphatic carbocycles. The van der Waals surface area contributed by atoms with Gasteiger partial charge in [-0.25, -0.2) is 9.18 Å². The molecule has 0 fully saturated rings. The molecule has 0 radical (unpaired) electrons. The van der Waals surface area contributed by atoms with E-state index >= 15 is 0 Å². The van der Waals surface area contributed by atoms with Crippen LogP contribution in [0.1, 0.15) is 28.2 Å². The minimum absolute atomic E-state index is 0.0223. The van der Waals surface area contributed by atoms with Crippen LogP contribution in [0.3, 0.4) is 0 Å². The largest absolute Gasteiger partial charge is 0.478 e. The molecular weight excluding hydrogens is 265 g/mol. The van der Waals surface area contributed by atoms with Crippen molar-refractivity contribution < 1.29 is 14.3 Å². The highest BCUT2D eigenvalue weighted by Crippen LogP contribution is 2.32. The van der Waals surface area contributed by atoms with E-state index in [4.69, 9.17) is 5.11 Å². The Balaban J connectivity index is 2.44. The second-order valence-electron chi connectivity index (χ2n) is 4.24. The number of anilines is 1. The van der Waals surface area contributed by atoms with Crippen molar-refractivity contribution in [2.45, 2.75) is 13.0 Å². The zero-order valence-corrected chi connectivity index (χ0v) is 11.4. The van der Waals surface area contributed by atoms with Crippen LogP contribution in [0.5, 0.6) is 0 Å². The normalized spacial score (nSPS) is 12.2. The summed E-state index contributed by atoms with van der Waals surface area (Å²) in [5.74, 6) is -1.65. The predicted molar refractivity (Wildman–Crippen MR) is 74.5 cm³/mol. The first-order valence-electron chi connectivity index (χ1n) is 5.80. The number of hydrogen-bond donors (Lipinski definition) is 1. The fourth-order valence-corrected chi connectivity index (χ4v) is 2.79. The second kappa shape index (κ2) is 5.40. The van der Waals surface area contributed by atoms with Crippen LogP contribution in [-0.4, -0.2) is 18.1 Å². The van der Waals surface area contributed by atoms with Crippen LogP contribution in [0.15, 0.2) is 35.7 Å². The maximum Gasteiger partial charge on any atom is 0.337 e. The van der Waals surface area contributed by atoms with Crippen molar-refractivity contribution in [1.29, 1.82) is 0 Å². The van der Waals surface area contributed by atoms with Gasteiger partial charge in [0.15, 0.2) is 0 Å². The Hall–Kier alpha value is -1.88. The van der Waals surface area contributed by atoms with Crippen molar-refractivity contribution in [3.05, 3.63) is 52.0 Å². The van der Waals surface area contributed by atoms with Gasteiger partial charge in [0.25, 0.3) is 0 Å². The summed E-state index contributed by atoms with van der Waals surface area (Å²) in [6.07, 6.45) is 0. The summed E-state index contributed by atoms with van der Waals surface area (Å²) in [6.45, 7) is 1.92. The fraction of sp³-hybridized carbons (Fsp3) is 0.214. The standard InChI is InChI=1S/C14H14FNO2S/c1-9(12-7-4-8-19-12)16(2)13-10(14(17)18)5-3-6-11(13)15/h3-9H,1-2H3,(H,17,18). The van der Waals surface area contributed by atoms with Crippen molar-refractivity contribution in [3.8, 4) is 0 Å². The number of benzene rings is 1. The van der Waals surface area contributed by atoms with Gasteiger partial charge in [-0.1, -0.05) is 12.1 Å². The molecule has 1 heterocycles. The van der Waals surface area contributed by atoms with Crippen LogP contribution >= 0.6 is 11.3 Å². The Kier molecular flexibility index (Phi) is 3.85. The van der Waals surface area contributed by atoms with Crippen molar-refractivity contribution in [2.24, 2.45) is 0 Å². The van der Waals surface area contributed by atoms with E-state index < -0.39 is 11.8 Å². The van der Waals surface area contributed by atoms with Crippen LogP contribution in [0.2, 0.25) is 0 Å². The number of carbonyl (C=O) groups is 1. The van der Waals surface area contributed by atoms with Gasteiger partial charge in [0, 0.05) is 11.9 Å². The molecule has 0 bridgehead atoms. The van der Waals surface area contributed by atoms with Gasteiger partial charge in [0.05, 0.1) is 17.3 Å². The summed E-state index contributed by atoms with van der Waals surface area (Å²) in [6, 6.07) is 7.88. The molecule has 100 valence electrons. The fourth-order valence-electron chi connectivity index (χ4n) is 1.96. The van der Waals surface area contributed by atoms with Gasteiger partial charge in [-0.3, -0.25) is 0 Å². The molecule has 0 amide bonds. The van der Waals surface area contributed by atoms with Crippen LogP contribution in [0, 0.1) is 5.82 Å². The minimum atomic E-state index is -1.13. The highest BCUT2D eigenvalue weighted by molar-refractivity contribution is 7.10. The summed E-state index contributed by atoms with van der Waals surface area (Å²) >= 11 is 1.56. The first-order valence-corrected chi connectivity index (χ1v) is 6.68. The molecule has 1 atom stereocenters. The monoisotopic (exact) mass is 279 g/mol. The Morgan fingerprint density at radius 3 is 2.68 bits per heavy atom. The zero-order valence-electron chi connectivity index (χ0n) is 10.6. The molecular formula is C14H14FNO2S. The third kappa shape index (κ3) is 2.61. The highest BCUT2D eigenvalue weighted by atomic mass is 32.1. The molecule has 19 heavy (non-hydrogen) atoms. The topological polar surface area (TPSA) is 40.5 Å². The molecule has 0 saturated carbocycles. The maximum absolute atomic E-state index is 14.0. The van der Waals surface area contributed by atoms with Gasteiger partial charge in [-0.15, -0.1) is 11.3 Å². The molecule has 2 rings (SSSR count). The number of carboxylic acids is 1. The molecule has 0 saturated heterocycles. The smallest absolute Gasteiger partial charge is 0.337 e. The molecule has 0 aliphatic rings. The number of carboxylic acid groups (broad SMARTS) is 1. The lowest BCUT2D eigenvalue weighted by molar-refractivity contribution is 0.0697. The first kappa shape index (κ1) is 13.5. The molecule has 1 N–H and O–H groups in total. The third-order valence-electron chi connectivity index (χ3n) is 3.11. The van der Waals surface area contributed by atoms with Gasteiger partial charge >= 0.3 is 5.97 Å². The molecule has 1 unspecified atom stereocenters. The average molecular weight is 279 g/mol. The molecule has 5 heteroatoms. The first-order chi connectivity index (χ1) is 9.02. The van der Waals surface area contributed by atoms with E-state index in [1.165, 1.54) is 18.2 Å². The van der Waals surface area contributed by atoms with Crippen molar-refractivity contribution in [3.63, 3.8) is 0 Å². The number of para-hydroxylation sites is 1. The molecule has 1 aromatic carbocycles. The van der Waals surface area contributed by atoms with Crippen LogP contribution in [0.25, 0.3) is 0 Å². The number of rotatable bonds is 4. The molecule has 1 aromatic heterocycles. The maximum atomic E-state index is 14.0. The Morgan fingerprint density at radius 2 is 2.11 bits per heavy atom. The summed E-state index contributed by atoms with van der Waals surface area (Å²) in [7, 11) is 1.70. The lowest BCUT2D eigenvalue weighted by atomic mass is 10.1. The number of hydrogen-bond acceptors (Lipinski definition) is 3. The average Bonchev–Trinajstić information content (AvgIpc) is 2.90. The van der Waals surface area contributed by atoms with Gasteiger partial charge < -0.3 is 10.0 Å². The van der Waals surface area contributed by atoms with Crippen molar-refractivity contribution >= 4 is 23.0 Å². The summed E-state index contributed by atoms with van der Waals surface area (Å²) in [4.78, 5) is 13.9. The number of aromatic carboxylic acids is 1. The van der Waals surface area contributed by atoms with Crippen LogP contribution < -0.4 is 4.90 Å². The van der Waals surface area contributed by atoms with E-state index in [0.29, 0.717) is 0 Å². The predicted octanol–water partition coefficient (Wildman–Crippen LogP) is 3.78. The lowest BCUT2D eigenvalue weighted by Crippen LogP contribution is -2.24. The van der Waals surface area contributed by atoms with Crippen LogP contribution in [0.4, 0.5) is 10.1 Å². The Labute approximate surface area is 114 Å². The number of halogens is 1. The van der Waals surface area contributed by atoms with E-state index in [1.807, 2.05) is 24.4 Å². The summed E-state index contributed by atoms with van der Waals surface area (Å²) in [5, 5.41) is 11.1. The Bertz CT molecular complexity index is 583. The van der Waals surface area contributed by atoms with Crippen LogP contribution in [-0.2, 0) is 0 Å². The molecule has 3 nitrogen and oxygen atoms in total. The van der Waals surface area contributed by atoms with Gasteiger partial charge in [-0.05, 0) is 30.5 Å². The summed E-state index contributed by atoms with van der Waals surface area (Å²) < 4.78 is 14.0. The van der Waals surface area contributed by atoms with E-state index in [0.717, 1.165) is 4.88 Å². The van der Waals surface area contributed by atoms with Gasteiger partial charge in [0.2, 0.25) is 0 Å². The van der Waals surface area contributed by atoms with Gasteiger partial charge in [-0.2, -0.15) is 0 Å². The molecule has 0 spiro atoms. The lowest BCUT2D eigenvalue weighted by Gasteiger charge is -2.27. The van der Waals surface area contributed by atoms with E-state index in [1.54, 1.807) is 23.3 Å². The quantitative estimate of drug-likeness (QED) is 0.925. The van der Waals surface area contributed by atoms with E-state index in [9.17, 15) is 9.18 Å². The zero-order chi connectivity index (χ0) is 14.0. The number of nitrogens with zero attached hydrogens (tertiary/aromatic N) is 1. The Morgan fingerprint density at radius 1 is 1.37 bits per heavy atom. The van der Waals surface area contributed by atoms with Crippen molar-refractivity contribution in [1.82, 2.24) is 0 Å². The summed E-state index contributed by atoms with van der Waals surface area (Å²) in [5.41, 5.74) is 0.0989. The van der Waals surface area contributed by atoms with Gasteiger partial charge in [0.1, 0.15) is 5.82 Å². The van der Waals surface area contributed by atoms with E-state index in [2.05, 4.69) is 0 Å². The molecule has 0 aliphatic heterocycles. The van der Waals surface area contributed by atoms with E-state index in [-0.39, 0.29) is 17.3 Å². The highest BCUT2D eigenvalue weighted by Gasteiger charge is 2.22. The number of thiophene rings is 1. The SMILES string of the molecule is CC(c1cccs1)N(C)c1c(F)cccc1C(=O)O. The molecule has 2 aromatic rings. The van der Waals surface area contributed by atoms with Crippen molar-refractivity contribution in [2.75, 3.05) is 11.9 Å². The third-order valence-corrected chi connectivity index (χ3v) is 4.15. The minimum Gasteiger partial charge on any atom is -0.478 e. The second-order valence-corrected chi connectivity index (χ2v) is 5.22.